The number of hydrogen-bond acceptors (Lipinski definition) is 4. The van der Waals surface area contributed by atoms with Crippen LogP contribution in [0.25, 0.3) is 0 Å². The van der Waals surface area contributed by atoms with Crippen molar-refractivity contribution in [2.75, 3.05) is 26.3 Å². The van der Waals surface area contributed by atoms with Crippen LogP contribution in [-0.4, -0.2) is 61.1 Å². The summed E-state index contributed by atoms with van der Waals surface area (Å²) in [4.78, 5) is 25.8. The maximum atomic E-state index is 12.0. The molecule has 6 nitrogen and oxygen atoms in total. The number of nitrogens with zero attached hydrogens (tertiary/aromatic N) is 1. The lowest BCUT2D eigenvalue weighted by molar-refractivity contribution is -0.135. The largest absolute Gasteiger partial charge is 0.378 e. The number of morpholine rings is 1. The average Bonchev–Trinajstić information content (AvgIpc) is 2.72. The molecule has 2 rings (SSSR count). The summed E-state index contributed by atoms with van der Waals surface area (Å²) in [6, 6.07) is -0.515. The lowest BCUT2D eigenvalue weighted by atomic mass is 10.2. The number of carbonyl (C=O) groups is 2. The molecule has 0 bridgehead atoms. The second kappa shape index (κ2) is 5.67. The quantitative estimate of drug-likeness (QED) is 0.686. The van der Waals surface area contributed by atoms with Crippen LogP contribution in [0.5, 0.6) is 0 Å². The Morgan fingerprint density at radius 1 is 1.56 bits per heavy atom. The van der Waals surface area contributed by atoms with E-state index < -0.39 is 0 Å². The first kappa shape index (κ1) is 13.3. The van der Waals surface area contributed by atoms with Crippen LogP contribution in [-0.2, 0) is 14.3 Å². The minimum atomic E-state index is -0.372. The van der Waals surface area contributed by atoms with Gasteiger partial charge >= 0.3 is 0 Å². The first-order valence-corrected chi connectivity index (χ1v) is 6.51. The molecule has 2 unspecified atom stereocenters. The van der Waals surface area contributed by atoms with Gasteiger partial charge < -0.3 is 20.3 Å². The molecule has 0 saturated carbocycles. The van der Waals surface area contributed by atoms with Gasteiger partial charge in [-0.05, 0) is 20.3 Å². The Balaban J connectivity index is 1.86. The fourth-order valence-electron chi connectivity index (χ4n) is 2.35. The van der Waals surface area contributed by atoms with E-state index in [-0.39, 0.29) is 29.9 Å². The van der Waals surface area contributed by atoms with Gasteiger partial charge in [-0.2, -0.15) is 0 Å². The van der Waals surface area contributed by atoms with Gasteiger partial charge in [-0.15, -0.1) is 0 Å². The Kier molecular flexibility index (Phi) is 4.19. The van der Waals surface area contributed by atoms with Crippen LogP contribution in [0.2, 0.25) is 0 Å². The zero-order valence-corrected chi connectivity index (χ0v) is 10.9. The van der Waals surface area contributed by atoms with Crippen LogP contribution < -0.4 is 10.6 Å². The van der Waals surface area contributed by atoms with Crippen LogP contribution in [0.3, 0.4) is 0 Å². The summed E-state index contributed by atoms with van der Waals surface area (Å²) >= 11 is 0. The second-order valence-electron chi connectivity index (χ2n) is 5.06. The highest BCUT2D eigenvalue weighted by Gasteiger charge is 2.35. The summed E-state index contributed by atoms with van der Waals surface area (Å²) in [5.41, 5.74) is 0. The smallest absolute Gasteiger partial charge is 0.245 e. The maximum absolute atomic E-state index is 12.0. The number of ether oxygens (including phenoxy) is 1. The summed E-state index contributed by atoms with van der Waals surface area (Å²) in [6.07, 6.45) is 0.691. The van der Waals surface area contributed by atoms with Gasteiger partial charge in [0, 0.05) is 19.1 Å². The van der Waals surface area contributed by atoms with Gasteiger partial charge in [0.15, 0.2) is 0 Å². The maximum Gasteiger partial charge on any atom is 0.245 e. The third-order valence-corrected chi connectivity index (χ3v) is 3.42. The molecular weight excluding hydrogens is 234 g/mol. The van der Waals surface area contributed by atoms with Crippen molar-refractivity contribution in [3.8, 4) is 0 Å². The van der Waals surface area contributed by atoms with E-state index >= 15 is 0 Å². The Hall–Kier alpha value is -1.14. The number of hydrogen-bond donors (Lipinski definition) is 2. The summed E-state index contributed by atoms with van der Waals surface area (Å²) in [5.74, 6) is -0.117. The number of amides is 2. The summed E-state index contributed by atoms with van der Waals surface area (Å²) in [6.45, 7) is 6.37. The van der Waals surface area contributed by atoms with E-state index in [4.69, 9.17) is 4.74 Å². The van der Waals surface area contributed by atoms with E-state index in [0.29, 0.717) is 26.2 Å². The van der Waals surface area contributed by atoms with Crippen molar-refractivity contribution in [3.63, 3.8) is 0 Å². The van der Waals surface area contributed by atoms with Crippen molar-refractivity contribution >= 4 is 11.8 Å². The number of likely N-dealkylation sites (tertiary alicyclic amines) is 1. The summed E-state index contributed by atoms with van der Waals surface area (Å²) in [5, 5.41) is 5.89. The van der Waals surface area contributed by atoms with Gasteiger partial charge in [-0.25, -0.2) is 0 Å². The van der Waals surface area contributed by atoms with Gasteiger partial charge in [0.25, 0.3) is 0 Å². The Morgan fingerprint density at radius 2 is 2.33 bits per heavy atom. The molecule has 18 heavy (non-hydrogen) atoms. The molecule has 2 fully saturated rings. The third kappa shape index (κ3) is 2.81. The highest BCUT2D eigenvalue weighted by molar-refractivity contribution is 5.91. The predicted molar refractivity (Wildman–Crippen MR) is 66.0 cm³/mol. The molecule has 2 heterocycles. The number of rotatable bonds is 3. The molecule has 0 aromatic carbocycles. The topological polar surface area (TPSA) is 70.7 Å². The summed E-state index contributed by atoms with van der Waals surface area (Å²) < 4.78 is 5.24. The highest BCUT2D eigenvalue weighted by atomic mass is 16.5. The zero-order chi connectivity index (χ0) is 13.1. The van der Waals surface area contributed by atoms with Crippen LogP contribution in [0.15, 0.2) is 0 Å². The van der Waals surface area contributed by atoms with Crippen LogP contribution in [0.4, 0.5) is 0 Å². The van der Waals surface area contributed by atoms with Gasteiger partial charge in [0.05, 0.1) is 13.2 Å². The van der Waals surface area contributed by atoms with E-state index in [9.17, 15) is 9.59 Å². The SMILES string of the molecule is CC(C)N1CCC(NC(=O)C2COCCN2)C1=O. The lowest BCUT2D eigenvalue weighted by Crippen LogP contribution is -2.54. The van der Waals surface area contributed by atoms with E-state index in [2.05, 4.69) is 10.6 Å². The van der Waals surface area contributed by atoms with E-state index in [0.717, 1.165) is 6.54 Å². The highest BCUT2D eigenvalue weighted by Crippen LogP contribution is 2.14. The Morgan fingerprint density at radius 3 is 2.89 bits per heavy atom. The predicted octanol–water partition coefficient (Wildman–Crippen LogP) is -0.900. The van der Waals surface area contributed by atoms with Crippen molar-refractivity contribution < 1.29 is 14.3 Å². The van der Waals surface area contributed by atoms with Crippen molar-refractivity contribution in [2.45, 2.75) is 38.4 Å². The molecular formula is C12H21N3O3. The minimum absolute atomic E-state index is 0.0232. The van der Waals surface area contributed by atoms with Gasteiger partial charge in [0.1, 0.15) is 12.1 Å². The molecule has 0 aliphatic carbocycles. The van der Waals surface area contributed by atoms with E-state index in [1.807, 2.05) is 13.8 Å². The lowest BCUT2D eigenvalue weighted by Gasteiger charge is -2.25. The van der Waals surface area contributed by atoms with Gasteiger partial charge in [-0.3, -0.25) is 9.59 Å². The van der Waals surface area contributed by atoms with Gasteiger partial charge in [-0.1, -0.05) is 0 Å². The molecule has 0 aromatic heterocycles. The van der Waals surface area contributed by atoms with Crippen LogP contribution in [0.1, 0.15) is 20.3 Å². The second-order valence-corrected chi connectivity index (χ2v) is 5.06. The summed E-state index contributed by atoms with van der Waals surface area (Å²) in [7, 11) is 0. The first-order valence-electron chi connectivity index (χ1n) is 6.51. The Labute approximate surface area is 107 Å². The van der Waals surface area contributed by atoms with Crippen molar-refractivity contribution in [2.24, 2.45) is 0 Å². The average molecular weight is 255 g/mol. The molecule has 2 aliphatic rings. The van der Waals surface area contributed by atoms with Gasteiger partial charge in [0.2, 0.25) is 11.8 Å². The molecule has 2 atom stereocenters. The van der Waals surface area contributed by atoms with Crippen LogP contribution in [0, 0.1) is 0 Å². The first-order chi connectivity index (χ1) is 8.59. The Bertz CT molecular complexity index is 327. The zero-order valence-electron chi connectivity index (χ0n) is 10.9. The molecule has 0 spiro atoms. The van der Waals surface area contributed by atoms with Crippen LogP contribution >= 0.6 is 0 Å². The molecule has 102 valence electrons. The molecule has 2 N–H and O–H groups in total. The number of carbonyl (C=O) groups excluding carboxylic acids is 2. The van der Waals surface area contributed by atoms with Crippen molar-refractivity contribution in [3.05, 3.63) is 0 Å². The molecule has 6 heteroatoms. The minimum Gasteiger partial charge on any atom is -0.378 e. The monoisotopic (exact) mass is 255 g/mol. The molecule has 2 aliphatic heterocycles. The molecule has 2 saturated heterocycles. The van der Waals surface area contributed by atoms with Crippen molar-refractivity contribution in [1.29, 1.82) is 0 Å². The standard InChI is InChI=1S/C12H21N3O3/c1-8(2)15-5-3-9(12(15)17)14-11(16)10-7-18-6-4-13-10/h8-10,13H,3-7H2,1-2H3,(H,14,16). The molecule has 0 radical (unpaired) electrons. The number of nitrogens with one attached hydrogen (secondary N) is 2. The molecule has 2 amide bonds. The normalized spacial score (nSPS) is 28.8. The van der Waals surface area contributed by atoms with Crippen molar-refractivity contribution in [1.82, 2.24) is 15.5 Å². The fraction of sp³-hybridized carbons (Fsp3) is 0.833. The fourth-order valence-corrected chi connectivity index (χ4v) is 2.35. The molecule has 0 aromatic rings. The van der Waals surface area contributed by atoms with E-state index in [1.54, 1.807) is 4.90 Å². The van der Waals surface area contributed by atoms with E-state index in [1.165, 1.54) is 0 Å². The third-order valence-electron chi connectivity index (χ3n) is 3.42.